The third kappa shape index (κ3) is 3.39. The standard InChI is InChI=1S/C21H23N3O3/c1-13-3-2-4-17-18(13)12-24(21(17)27)16-8-5-14(6-9-16)20(26)23-15-7-10-19(25)22-11-15/h2-4,7,10-11,14,16H,5-6,8-9,12H2,1H3,(H,22,25)(H,23,26). The van der Waals surface area contributed by atoms with Crippen LogP contribution < -0.4 is 10.9 Å². The van der Waals surface area contributed by atoms with Gasteiger partial charge in [0.2, 0.25) is 11.5 Å². The second-order valence-corrected chi connectivity index (χ2v) is 7.47. The molecule has 0 unspecified atom stereocenters. The summed E-state index contributed by atoms with van der Waals surface area (Å²) >= 11 is 0. The molecule has 2 amide bonds. The first kappa shape index (κ1) is 17.5. The lowest BCUT2D eigenvalue weighted by Gasteiger charge is -2.34. The highest BCUT2D eigenvalue weighted by molar-refractivity contribution is 5.99. The minimum absolute atomic E-state index is 0.0209. The summed E-state index contributed by atoms with van der Waals surface area (Å²) in [6, 6.07) is 9.09. The molecule has 0 radical (unpaired) electrons. The van der Waals surface area contributed by atoms with Crippen molar-refractivity contribution in [3.05, 3.63) is 63.6 Å². The molecule has 2 aromatic rings. The first-order valence-electron chi connectivity index (χ1n) is 9.42. The maximum atomic E-state index is 12.7. The summed E-state index contributed by atoms with van der Waals surface area (Å²) in [5.41, 5.74) is 3.54. The molecule has 2 N–H and O–H groups in total. The number of hydrogen-bond acceptors (Lipinski definition) is 3. The number of pyridine rings is 1. The van der Waals surface area contributed by atoms with Gasteiger partial charge >= 0.3 is 0 Å². The van der Waals surface area contributed by atoms with Crippen LogP contribution in [0.3, 0.4) is 0 Å². The summed E-state index contributed by atoms with van der Waals surface area (Å²) in [7, 11) is 0. The van der Waals surface area contributed by atoms with E-state index >= 15 is 0 Å². The van der Waals surface area contributed by atoms with Crippen molar-refractivity contribution in [3.8, 4) is 0 Å². The van der Waals surface area contributed by atoms with Crippen molar-refractivity contribution in [2.75, 3.05) is 5.32 Å². The molecule has 2 aliphatic rings. The lowest BCUT2D eigenvalue weighted by Crippen LogP contribution is -2.40. The maximum Gasteiger partial charge on any atom is 0.254 e. The van der Waals surface area contributed by atoms with Crippen LogP contribution in [0, 0.1) is 12.8 Å². The van der Waals surface area contributed by atoms with Crippen LogP contribution in [-0.2, 0) is 11.3 Å². The number of nitrogens with zero attached hydrogens (tertiary/aromatic N) is 1. The zero-order chi connectivity index (χ0) is 19.0. The summed E-state index contributed by atoms with van der Waals surface area (Å²) < 4.78 is 0. The Labute approximate surface area is 157 Å². The Hall–Kier alpha value is -2.89. The van der Waals surface area contributed by atoms with E-state index < -0.39 is 0 Å². The number of nitrogens with one attached hydrogen (secondary N) is 2. The highest BCUT2D eigenvalue weighted by Gasteiger charge is 2.36. The van der Waals surface area contributed by atoms with Crippen LogP contribution in [0.4, 0.5) is 5.69 Å². The molecule has 1 fully saturated rings. The highest BCUT2D eigenvalue weighted by Crippen LogP contribution is 2.34. The van der Waals surface area contributed by atoms with Gasteiger partial charge in [-0.15, -0.1) is 0 Å². The van der Waals surface area contributed by atoms with Crippen molar-refractivity contribution >= 4 is 17.5 Å². The summed E-state index contributed by atoms with van der Waals surface area (Å²) in [5, 5.41) is 2.86. The van der Waals surface area contributed by atoms with E-state index in [2.05, 4.69) is 10.3 Å². The molecule has 0 spiro atoms. The molecule has 1 aliphatic heterocycles. The van der Waals surface area contributed by atoms with Crippen LogP contribution in [0.1, 0.15) is 47.2 Å². The Morgan fingerprint density at radius 3 is 2.56 bits per heavy atom. The van der Waals surface area contributed by atoms with Gasteiger partial charge in [-0.2, -0.15) is 0 Å². The molecular weight excluding hydrogens is 342 g/mol. The molecule has 0 bridgehead atoms. The predicted molar refractivity (Wildman–Crippen MR) is 102 cm³/mol. The Kier molecular flexibility index (Phi) is 4.56. The molecule has 0 atom stereocenters. The maximum absolute atomic E-state index is 12.7. The van der Waals surface area contributed by atoms with Crippen molar-refractivity contribution in [2.24, 2.45) is 5.92 Å². The van der Waals surface area contributed by atoms with Crippen molar-refractivity contribution < 1.29 is 9.59 Å². The van der Waals surface area contributed by atoms with E-state index in [0.29, 0.717) is 12.2 Å². The normalized spacial score (nSPS) is 21.8. The van der Waals surface area contributed by atoms with Gasteiger partial charge in [0.1, 0.15) is 0 Å². The zero-order valence-corrected chi connectivity index (χ0v) is 15.3. The number of H-pyrrole nitrogens is 1. The largest absolute Gasteiger partial charge is 0.331 e. The van der Waals surface area contributed by atoms with Gasteiger partial charge in [-0.1, -0.05) is 12.1 Å². The number of amides is 2. The minimum Gasteiger partial charge on any atom is -0.331 e. The number of anilines is 1. The molecule has 2 heterocycles. The second-order valence-electron chi connectivity index (χ2n) is 7.47. The number of carbonyl (C=O) groups excluding carboxylic acids is 2. The molecule has 1 aromatic heterocycles. The van der Waals surface area contributed by atoms with E-state index in [4.69, 9.17) is 0 Å². The smallest absolute Gasteiger partial charge is 0.254 e. The number of aryl methyl sites for hydroxylation is 1. The third-order valence-electron chi connectivity index (χ3n) is 5.79. The van der Waals surface area contributed by atoms with Gasteiger partial charge in [0.25, 0.3) is 5.91 Å². The van der Waals surface area contributed by atoms with Crippen LogP contribution in [0.2, 0.25) is 0 Å². The van der Waals surface area contributed by atoms with Crippen molar-refractivity contribution in [1.82, 2.24) is 9.88 Å². The molecule has 6 heteroatoms. The SMILES string of the molecule is Cc1cccc2c1CN(C1CCC(C(=O)Nc3ccc(=O)[nH]c3)CC1)C2=O. The van der Waals surface area contributed by atoms with Crippen molar-refractivity contribution in [2.45, 2.75) is 45.2 Å². The van der Waals surface area contributed by atoms with Gasteiger partial charge in [-0.25, -0.2) is 0 Å². The predicted octanol–water partition coefficient (Wildman–Crippen LogP) is 2.84. The van der Waals surface area contributed by atoms with Crippen molar-refractivity contribution in [3.63, 3.8) is 0 Å². The van der Waals surface area contributed by atoms with Gasteiger partial charge in [0, 0.05) is 36.3 Å². The molecule has 27 heavy (non-hydrogen) atoms. The number of hydrogen-bond donors (Lipinski definition) is 2. The number of fused-ring (bicyclic) bond motifs is 1. The van der Waals surface area contributed by atoms with E-state index in [0.717, 1.165) is 42.4 Å². The number of rotatable bonds is 3. The number of aromatic amines is 1. The fourth-order valence-electron chi connectivity index (χ4n) is 4.19. The molecule has 1 aliphatic carbocycles. The van der Waals surface area contributed by atoms with Crippen LogP contribution in [-0.4, -0.2) is 27.7 Å². The first-order valence-corrected chi connectivity index (χ1v) is 9.42. The molecule has 1 saturated carbocycles. The van der Waals surface area contributed by atoms with Crippen LogP contribution >= 0.6 is 0 Å². The Morgan fingerprint density at radius 1 is 1.11 bits per heavy atom. The first-order chi connectivity index (χ1) is 13.0. The van der Waals surface area contributed by atoms with Crippen LogP contribution in [0.15, 0.2) is 41.3 Å². The molecular formula is C21H23N3O3. The Bertz CT molecular complexity index is 921. The summed E-state index contributed by atoms with van der Waals surface area (Å²) in [4.78, 5) is 40.9. The topological polar surface area (TPSA) is 82.3 Å². The Balaban J connectivity index is 1.36. The van der Waals surface area contributed by atoms with Crippen molar-refractivity contribution in [1.29, 1.82) is 0 Å². The fraction of sp³-hybridized carbons (Fsp3) is 0.381. The monoisotopic (exact) mass is 365 g/mol. The van der Waals surface area contributed by atoms with Gasteiger partial charge in [-0.05, 0) is 55.9 Å². The summed E-state index contributed by atoms with van der Waals surface area (Å²) in [6.45, 7) is 2.73. The van der Waals surface area contributed by atoms with Gasteiger partial charge < -0.3 is 15.2 Å². The minimum atomic E-state index is -0.194. The van der Waals surface area contributed by atoms with Gasteiger partial charge in [0.05, 0.1) is 5.69 Å². The molecule has 4 rings (SSSR count). The summed E-state index contributed by atoms with van der Waals surface area (Å²) in [6.07, 6.45) is 4.71. The fourth-order valence-corrected chi connectivity index (χ4v) is 4.19. The van der Waals surface area contributed by atoms with E-state index in [-0.39, 0.29) is 29.3 Å². The summed E-state index contributed by atoms with van der Waals surface area (Å²) in [5.74, 6) is 0.0391. The number of benzene rings is 1. The molecule has 6 nitrogen and oxygen atoms in total. The number of carbonyl (C=O) groups is 2. The average molecular weight is 365 g/mol. The van der Waals surface area contributed by atoms with E-state index in [9.17, 15) is 14.4 Å². The van der Waals surface area contributed by atoms with Gasteiger partial charge in [0.15, 0.2) is 0 Å². The number of aromatic nitrogens is 1. The second kappa shape index (κ2) is 7.02. The molecule has 1 aromatic carbocycles. The lowest BCUT2D eigenvalue weighted by molar-refractivity contribution is -0.121. The van der Waals surface area contributed by atoms with E-state index in [1.807, 2.05) is 30.0 Å². The highest BCUT2D eigenvalue weighted by atomic mass is 16.2. The third-order valence-corrected chi connectivity index (χ3v) is 5.79. The van der Waals surface area contributed by atoms with E-state index in [1.54, 1.807) is 6.07 Å². The quantitative estimate of drug-likeness (QED) is 0.877. The average Bonchev–Trinajstić information content (AvgIpc) is 3.02. The lowest BCUT2D eigenvalue weighted by atomic mass is 9.84. The van der Waals surface area contributed by atoms with Crippen LogP contribution in [0.25, 0.3) is 0 Å². The molecule has 0 saturated heterocycles. The molecule has 140 valence electrons. The Morgan fingerprint density at radius 2 is 1.89 bits per heavy atom. The van der Waals surface area contributed by atoms with E-state index in [1.165, 1.54) is 12.3 Å². The zero-order valence-electron chi connectivity index (χ0n) is 15.3. The van der Waals surface area contributed by atoms with Gasteiger partial charge in [-0.3, -0.25) is 14.4 Å². The van der Waals surface area contributed by atoms with Crippen LogP contribution in [0.5, 0.6) is 0 Å².